The molecule has 30 heavy (non-hydrogen) atoms. The molecule has 2 aromatic heterocycles. The summed E-state index contributed by atoms with van der Waals surface area (Å²) in [5.41, 5.74) is 2.12. The van der Waals surface area contributed by atoms with Crippen molar-refractivity contribution >= 4 is 22.4 Å². The fraction of sp³-hybridized carbons (Fsp3) is 0.0909. The van der Waals surface area contributed by atoms with Crippen LogP contribution in [-0.4, -0.2) is 27.8 Å². The number of amides is 1. The molecule has 0 unspecified atom stereocenters. The Morgan fingerprint density at radius 3 is 2.47 bits per heavy atom. The highest BCUT2D eigenvalue weighted by Gasteiger charge is 2.15. The molecule has 0 atom stereocenters. The molecule has 2 aromatic carbocycles. The van der Waals surface area contributed by atoms with Gasteiger partial charge in [-0.05, 0) is 49.4 Å². The summed E-state index contributed by atoms with van der Waals surface area (Å²) in [6.45, 7) is 1.95. The minimum absolute atomic E-state index is 0.123. The molecule has 150 valence electrons. The van der Waals surface area contributed by atoms with E-state index in [2.05, 4.69) is 15.4 Å². The lowest BCUT2D eigenvalue weighted by Crippen LogP contribution is -2.24. The van der Waals surface area contributed by atoms with Crippen LogP contribution >= 0.6 is 11.3 Å². The van der Waals surface area contributed by atoms with E-state index in [1.54, 1.807) is 31.4 Å². The standard InChI is InChI=1S/C22H18N4O3S/c1-14-20(15-8-10-17(29-2)11-9-15)23-22(30-14)24-21(28)18-12-13-19(27)26(25-18)16-6-4-3-5-7-16/h3-13H,1-2H3,(H,23,24,28). The lowest BCUT2D eigenvalue weighted by atomic mass is 10.1. The van der Waals surface area contributed by atoms with Gasteiger partial charge in [-0.3, -0.25) is 14.9 Å². The summed E-state index contributed by atoms with van der Waals surface area (Å²) < 4.78 is 6.39. The number of ether oxygens (including phenoxy) is 1. The van der Waals surface area contributed by atoms with Crippen LogP contribution in [0, 0.1) is 6.92 Å². The molecule has 1 amide bonds. The van der Waals surface area contributed by atoms with Gasteiger partial charge in [0.1, 0.15) is 11.4 Å². The first-order valence-corrected chi connectivity index (χ1v) is 9.96. The zero-order valence-electron chi connectivity index (χ0n) is 16.3. The summed E-state index contributed by atoms with van der Waals surface area (Å²) in [5.74, 6) is 0.328. The molecule has 1 N–H and O–H groups in total. The van der Waals surface area contributed by atoms with Gasteiger partial charge in [-0.25, -0.2) is 4.98 Å². The first-order valence-electron chi connectivity index (χ1n) is 9.14. The predicted octanol–water partition coefficient (Wildman–Crippen LogP) is 3.93. The molecule has 0 bridgehead atoms. The molecule has 0 aliphatic heterocycles. The SMILES string of the molecule is COc1ccc(-c2nc(NC(=O)c3ccc(=O)n(-c4ccccc4)n3)sc2C)cc1. The van der Waals surface area contributed by atoms with Crippen molar-refractivity contribution in [1.29, 1.82) is 0 Å². The van der Waals surface area contributed by atoms with Gasteiger partial charge in [0.25, 0.3) is 11.5 Å². The summed E-state index contributed by atoms with van der Waals surface area (Å²) >= 11 is 1.38. The van der Waals surface area contributed by atoms with Crippen LogP contribution in [0.1, 0.15) is 15.4 Å². The third kappa shape index (κ3) is 3.99. The molecule has 2 heterocycles. The van der Waals surface area contributed by atoms with Crippen LogP contribution < -0.4 is 15.6 Å². The van der Waals surface area contributed by atoms with Gasteiger partial charge in [0.05, 0.1) is 18.5 Å². The summed E-state index contributed by atoms with van der Waals surface area (Å²) in [5, 5.41) is 7.44. The fourth-order valence-electron chi connectivity index (χ4n) is 2.91. The number of hydrogen-bond acceptors (Lipinski definition) is 6. The Morgan fingerprint density at radius 2 is 1.77 bits per heavy atom. The van der Waals surface area contributed by atoms with Crippen molar-refractivity contribution < 1.29 is 9.53 Å². The molecule has 0 aliphatic rings. The molecule has 7 nitrogen and oxygen atoms in total. The van der Waals surface area contributed by atoms with E-state index >= 15 is 0 Å². The second kappa shape index (κ2) is 8.30. The quantitative estimate of drug-likeness (QED) is 0.531. The maximum atomic E-state index is 12.7. The number of benzene rings is 2. The molecule has 0 radical (unpaired) electrons. The van der Waals surface area contributed by atoms with E-state index in [0.29, 0.717) is 10.8 Å². The molecule has 0 aliphatic carbocycles. The number of thiazole rings is 1. The van der Waals surface area contributed by atoms with Crippen LogP contribution in [0.5, 0.6) is 5.75 Å². The van der Waals surface area contributed by atoms with E-state index in [1.807, 2.05) is 37.3 Å². The van der Waals surface area contributed by atoms with Crippen molar-refractivity contribution in [2.45, 2.75) is 6.92 Å². The number of para-hydroxylation sites is 1. The molecule has 0 saturated heterocycles. The van der Waals surface area contributed by atoms with Gasteiger partial charge in [-0.15, -0.1) is 11.3 Å². The van der Waals surface area contributed by atoms with Crippen LogP contribution in [0.25, 0.3) is 16.9 Å². The van der Waals surface area contributed by atoms with Crippen molar-refractivity contribution in [3.05, 3.63) is 87.7 Å². The van der Waals surface area contributed by atoms with Crippen molar-refractivity contribution in [2.24, 2.45) is 0 Å². The highest BCUT2D eigenvalue weighted by molar-refractivity contribution is 7.16. The number of carbonyl (C=O) groups is 1. The van der Waals surface area contributed by atoms with Crippen LogP contribution in [0.15, 0.2) is 71.5 Å². The second-order valence-electron chi connectivity index (χ2n) is 6.41. The van der Waals surface area contributed by atoms with Crippen molar-refractivity contribution in [3.8, 4) is 22.7 Å². The average molecular weight is 418 g/mol. The third-order valence-electron chi connectivity index (χ3n) is 4.41. The van der Waals surface area contributed by atoms with Crippen LogP contribution in [0.2, 0.25) is 0 Å². The normalized spacial score (nSPS) is 10.6. The van der Waals surface area contributed by atoms with Crippen molar-refractivity contribution in [1.82, 2.24) is 14.8 Å². The molecular formula is C22H18N4O3S. The molecule has 8 heteroatoms. The predicted molar refractivity (Wildman–Crippen MR) is 117 cm³/mol. The summed E-state index contributed by atoms with van der Waals surface area (Å²) in [6, 6.07) is 19.2. The van der Waals surface area contributed by atoms with Gasteiger partial charge in [0.15, 0.2) is 5.13 Å². The minimum Gasteiger partial charge on any atom is -0.497 e. The monoisotopic (exact) mass is 418 g/mol. The minimum atomic E-state index is -0.435. The van der Waals surface area contributed by atoms with Gasteiger partial charge < -0.3 is 4.74 Å². The van der Waals surface area contributed by atoms with Crippen molar-refractivity contribution in [2.75, 3.05) is 12.4 Å². The van der Waals surface area contributed by atoms with E-state index in [-0.39, 0.29) is 11.3 Å². The van der Waals surface area contributed by atoms with Crippen LogP contribution in [0.3, 0.4) is 0 Å². The summed E-state index contributed by atoms with van der Waals surface area (Å²) in [7, 11) is 1.62. The first-order chi connectivity index (χ1) is 14.5. The number of rotatable bonds is 5. The Morgan fingerprint density at radius 1 is 1.03 bits per heavy atom. The van der Waals surface area contributed by atoms with E-state index in [9.17, 15) is 9.59 Å². The Kier molecular flexibility index (Phi) is 5.40. The molecule has 4 aromatic rings. The second-order valence-corrected chi connectivity index (χ2v) is 7.61. The number of aryl methyl sites for hydroxylation is 1. The molecule has 0 spiro atoms. The zero-order valence-corrected chi connectivity index (χ0v) is 17.1. The third-order valence-corrected chi connectivity index (χ3v) is 5.30. The van der Waals surface area contributed by atoms with E-state index < -0.39 is 5.91 Å². The number of methoxy groups -OCH3 is 1. The van der Waals surface area contributed by atoms with Gasteiger partial charge in [-0.1, -0.05) is 18.2 Å². The molecule has 4 rings (SSSR count). The summed E-state index contributed by atoms with van der Waals surface area (Å²) in [4.78, 5) is 30.4. The Hall–Kier alpha value is -3.78. The smallest absolute Gasteiger partial charge is 0.277 e. The van der Waals surface area contributed by atoms with Crippen LogP contribution in [0.4, 0.5) is 5.13 Å². The highest BCUT2D eigenvalue weighted by Crippen LogP contribution is 2.31. The van der Waals surface area contributed by atoms with Gasteiger partial charge >= 0.3 is 0 Å². The molecule has 0 saturated carbocycles. The number of anilines is 1. The van der Waals surface area contributed by atoms with E-state index in [0.717, 1.165) is 21.9 Å². The van der Waals surface area contributed by atoms with Gasteiger partial charge in [-0.2, -0.15) is 9.78 Å². The Balaban J connectivity index is 1.58. The number of carbonyl (C=O) groups excluding carboxylic acids is 1. The number of aromatic nitrogens is 3. The van der Waals surface area contributed by atoms with E-state index in [4.69, 9.17) is 4.74 Å². The van der Waals surface area contributed by atoms with Crippen LogP contribution in [-0.2, 0) is 0 Å². The van der Waals surface area contributed by atoms with Gasteiger partial charge in [0, 0.05) is 16.5 Å². The number of hydrogen-bond donors (Lipinski definition) is 1. The van der Waals surface area contributed by atoms with E-state index in [1.165, 1.54) is 28.2 Å². The Bertz CT molecular complexity index is 1250. The van der Waals surface area contributed by atoms with Gasteiger partial charge in [0.2, 0.25) is 0 Å². The highest BCUT2D eigenvalue weighted by atomic mass is 32.1. The zero-order chi connectivity index (χ0) is 21.1. The summed E-state index contributed by atoms with van der Waals surface area (Å²) in [6.07, 6.45) is 0. The number of nitrogens with one attached hydrogen (secondary N) is 1. The number of nitrogens with zero attached hydrogens (tertiary/aromatic N) is 3. The average Bonchev–Trinajstić information content (AvgIpc) is 3.14. The molecule has 0 fully saturated rings. The lowest BCUT2D eigenvalue weighted by Gasteiger charge is -2.06. The maximum absolute atomic E-state index is 12.7. The Labute approximate surface area is 176 Å². The maximum Gasteiger partial charge on any atom is 0.277 e. The first kappa shape index (κ1) is 19.5. The fourth-order valence-corrected chi connectivity index (χ4v) is 3.75. The lowest BCUT2D eigenvalue weighted by molar-refractivity contribution is 0.102. The topological polar surface area (TPSA) is 86.1 Å². The largest absolute Gasteiger partial charge is 0.497 e. The molecular weight excluding hydrogens is 400 g/mol. The van der Waals surface area contributed by atoms with Crippen molar-refractivity contribution in [3.63, 3.8) is 0 Å².